The number of carboxylic acids is 1. The van der Waals surface area contributed by atoms with Crippen LogP contribution in [0.4, 0.5) is 13.2 Å². The van der Waals surface area contributed by atoms with Crippen molar-refractivity contribution in [2.45, 2.75) is 23.2 Å². The second kappa shape index (κ2) is 11.0. The molecule has 9 heteroatoms. The molecule has 0 aliphatic rings. The molecular weight excluding hydrogens is 495 g/mol. The van der Waals surface area contributed by atoms with Gasteiger partial charge in [0.25, 0.3) is 0 Å². The summed E-state index contributed by atoms with van der Waals surface area (Å²) in [5.74, 6) is 0.0721. The highest BCUT2D eigenvalue weighted by molar-refractivity contribution is 7.98. The minimum absolute atomic E-state index is 0.400. The number of alkyl halides is 3. The van der Waals surface area contributed by atoms with Gasteiger partial charge in [-0.2, -0.15) is 13.2 Å². The predicted molar refractivity (Wildman–Crippen MR) is 131 cm³/mol. The molecule has 0 spiro atoms. The van der Waals surface area contributed by atoms with Crippen molar-refractivity contribution in [1.29, 1.82) is 0 Å². The second-order valence-corrected chi connectivity index (χ2v) is 9.70. The molecule has 3 aromatic carbocycles. The van der Waals surface area contributed by atoms with E-state index in [0.717, 1.165) is 33.2 Å². The van der Waals surface area contributed by atoms with Crippen LogP contribution >= 0.6 is 23.1 Å². The summed E-state index contributed by atoms with van der Waals surface area (Å²) < 4.78 is 44.0. The number of aliphatic carboxylic acids is 1. The van der Waals surface area contributed by atoms with E-state index in [2.05, 4.69) is 0 Å². The summed E-state index contributed by atoms with van der Waals surface area (Å²) in [7, 11) is 0. The van der Waals surface area contributed by atoms with Crippen molar-refractivity contribution < 1.29 is 27.8 Å². The first-order chi connectivity index (χ1) is 16.8. The van der Waals surface area contributed by atoms with Crippen LogP contribution < -0.4 is 4.74 Å². The fraction of sp³-hybridized carbons (Fsp3) is 0.154. The van der Waals surface area contributed by atoms with Crippen molar-refractivity contribution in [2.75, 3.05) is 6.61 Å². The third kappa shape index (κ3) is 6.86. The molecule has 4 nitrogen and oxygen atoms in total. The van der Waals surface area contributed by atoms with E-state index in [1.165, 1.54) is 23.5 Å². The number of carboxylic acid groups (broad SMARTS) is 1. The first-order valence-corrected chi connectivity index (χ1v) is 12.4. The predicted octanol–water partition coefficient (Wildman–Crippen LogP) is 7.18. The smallest absolute Gasteiger partial charge is 0.416 e. The van der Waals surface area contributed by atoms with Gasteiger partial charge in [0.2, 0.25) is 0 Å². The molecule has 4 aromatic rings. The van der Waals surface area contributed by atoms with Crippen LogP contribution in [0.5, 0.6) is 5.75 Å². The minimum Gasteiger partial charge on any atom is -0.482 e. The van der Waals surface area contributed by atoms with Crippen LogP contribution in [0, 0.1) is 0 Å². The molecule has 0 fully saturated rings. The number of rotatable bonds is 9. The number of benzene rings is 3. The van der Waals surface area contributed by atoms with Gasteiger partial charge in [0.05, 0.1) is 11.3 Å². The van der Waals surface area contributed by atoms with Crippen molar-refractivity contribution in [3.8, 4) is 16.3 Å². The Labute approximate surface area is 208 Å². The van der Waals surface area contributed by atoms with Crippen LogP contribution in [-0.2, 0) is 23.1 Å². The van der Waals surface area contributed by atoms with Gasteiger partial charge < -0.3 is 9.84 Å². The number of ether oxygens (including phenoxy) is 1. The molecule has 0 radical (unpaired) electrons. The molecule has 35 heavy (non-hydrogen) atoms. The number of nitrogens with zero attached hydrogens (tertiary/aromatic N) is 1. The summed E-state index contributed by atoms with van der Waals surface area (Å²) in [5.41, 5.74) is 1.95. The Balaban J connectivity index is 1.54. The molecular formula is C26H20F3NO3S2. The third-order valence-electron chi connectivity index (χ3n) is 5.01. The summed E-state index contributed by atoms with van der Waals surface area (Å²) in [4.78, 5) is 17.4. The van der Waals surface area contributed by atoms with Crippen LogP contribution in [-0.4, -0.2) is 22.7 Å². The fourth-order valence-corrected chi connectivity index (χ4v) is 5.36. The molecule has 0 bridgehead atoms. The molecule has 0 saturated carbocycles. The normalized spacial score (nSPS) is 11.4. The molecule has 0 aliphatic heterocycles. The third-order valence-corrected chi connectivity index (χ3v) is 7.38. The molecule has 0 saturated heterocycles. The van der Waals surface area contributed by atoms with Gasteiger partial charge in [0, 0.05) is 27.5 Å². The van der Waals surface area contributed by atoms with Crippen molar-refractivity contribution in [3.63, 3.8) is 0 Å². The molecule has 1 aromatic heterocycles. The number of thioether (sulfide) groups is 1. The van der Waals surface area contributed by atoms with E-state index in [0.29, 0.717) is 28.5 Å². The summed E-state index contributed by atoms with van der Waals surface area (Å²) >= 11 is 3.07. The maximum atomic E-state index is 12.9. The van der Waals surface area contributed by atoms with E-state index in [4.69, 9.17) is 14.8 Å². The lowest BCUT2D eigenvalue weighted by Crippen LogP contribution is -2.09. The zero-order valence-corrected chi connectivity index (χ0v) is 19.9. The zero-order valence-electron chi connectivity index (χ0n) is 18.3. The van der Waals surface area contributed by atoms with Gasteiger partial charge in [-0.05, 0) is 42.0 Å². The lowest BCUT2D eigenvalue weighted by atomic mass is 10.1. The first kappa shape index (κ1) is 24.8. The number of aromatic nitrogens is 1. The van der Waals surface area contributed by atoms with Gasteiger partial charge in [-0.3, -0.25) is 0 Å². The summed E-state index contributed by atoms with van der Waals surface area (Å²) in [5, 5.41) is 9.40. The summed E-state index contributed by atoms with van der Waals surface area (Å²) in [6, 6.07) is 22.1. The highest BCUT2D eigenvalue weighted by atomic mass is 32.2. The average Bonchev–Trinajstić information content (AvgIpc) is 3.24. The molecule has 0 atom stereocenters. The quantitative estimate of drug-likeness (QED) is 0.239. The van der Waals surface area contributed by atoms with Crippen molar-refractivity contribution >= 4 is 29.1 Å². The molecule has 0 amide bonds. The molecule has 180 valence electrons. The standard InChI is InChI=1S/C26H20F3NO3S2/c27-26(28,29)19-8-6-18(7-9-19)25-30-22(14-17-4-2-1-3-5-17)23(35-25)16-34-21-12-10-20(11-13-21)33-15-24(31)32/h1-13H,14-16H2,(H,31,32). The van der Waals surface area contributed by atoms with Crippen LogP contribution in [0.2, 0.25) is 0 Å². The minimum atomic E-state index is -4.38. The Bertz CT molecular complexity index is 1270. The Kier molecular flexibility index (Phi) is 7.77. The molecule has 4 rings (SSSR count). The Morgan fingerprint density at radius 3 is 2.29 bits per heavy atom. The second-order valence-electron chi connectivity index (χ2n) is 7.57. The van der Waals surface area contributed by atoms with E-state index in [1.807, 2.05) is 42.5 Å². The van der Waals surface area contributed by atoms with Crippen molar-refractivity contribution in [3.05, 3.63) is 101 Å². The number of hydrogen-bond acceptors (Lipinski definition) is 5. The van der Waals surface area contributed by atoms with E-state index in [9.17, 15) is 18.0 Å². The van der Waals surface area contributed by atoms with E-state index >= 15 is 0 Å². The Morgan fingerprint density at radius 2 is 1.66 bits per heavy atom. The van der Waals surface area contributed by atoms with Crippen LogP contribution in [0.1, 0.15) is 21.7 Å². The average molecular weight is 516 g/mol. The maximum Gasteiger partial charge on any atom is 0.416 e. The van der Waals surface area contributed by atoms with Gasteiger partial charge in [-0.25, -0.2) is 9.78 Å². The summed E-state index contributed by atoms with van der Waals surface area (Å²) in [6.45, 7) is -0.400. The van der Waals surface area contributed by atoms with Gasteiger partial charge >= 0.3 is 12.1 Å². The number of thiazole rings is 1. The van der Waals surface area contributed by atoms with Crippen molar-refractivity contribution in [2.24, 2.45) is 0 Å². The number of halogens is 3. The number of hydrogen-bond donors (Lipinski definition) is 1. The SMILES string of the molecule is O=C(O)COc1ccc(SCc2sc(-c3ccc(C(F)(F)F)cc3)nc2Cc2ccccc2)cc1. The molecule has 0 aliphatic carbocycles. The van der Waals surface area contributed by atoms with Gasteiger partial charge in [0.1, 0.15) is 10.8 Å². The largest absolute Gasteiger partial charge is 0.482 e. The topological polar surface area (TPSA) is 59.4 Å². The van der Waals surface area contributed by atoms with Gasteiger partial charge in [0.15, 0.2) is 6.61 Å². The van der Waals surface area contributed by atoms with Gasteiger partial charge in [-0.15, -0.1) is 23.1 Å². The van der Waals surface area contributed by atoms with Crippen molar-refractivity contribution in [1.82, 2.24) is 4.98 Å². The molecule has 1 N–H and O–H groups in total. The fourth-order valence-electron chi connectivity index (χ4n) is 3.27. The lowest BCUT2D eigenvalue weighted by Gasteiger charge is -2.06. The molecule has 0 unspecified atom stereocenters. The van der Waals surface area contributed by atoms with E-state index < -0.39 is 24.3 Å². The highest BCUT2D eigenvalue weighted by Crippen LogP contribution is 2.36. The van der Waals surface area contributed by atoms with Crippen LogP contribution in [0.25, 0.3) is 10.6 Å². The van der Waals surface area contributed by atoms with Crippen LogP contribution in [0.3, 0.4) is 0 Å². The lowest BCUT2D eigenvalue weighted by molar-refractivity contribution is -0.139. The number of carbonyl (C=O) groups is 1. The maximum absolute atomic E-state index is 12.9. The van der Waals surface area contributed by atoms with Gasteiger partial charge in [-0.1, -0.05) is 42.5 Å². The first-order valence-electron chi connectivity index (χ1n) is 10.6. The van der Waals surface area contributed by atoms with E-state index in [-0.39, 0.29) is 0 Å². The Morgan fingerprint density at radius 1 is 0.971 bits per heavy atom. The summed E-state index contributed by atoms with van der Waals surface area (Å²) in [6.07, 6.45) is -3.76. The van der Waals surface area contributed by atoms with Crippen LogP contribution in [0.15, 0.2) is 83.8 Å². The monoisotopic (exact) mass is 515 g/mol. The zero-order chi connectivity index (χ0) is 24.8. The van der Waals surface area contributed by atoms with E-state index in [1.54, 1.807) is 23.9 Å². The highest BCUT2D eigenvalue weighted by Gasteiger charge is 2.30. The Hall–Kier alpha value is -3.30. The molecule has 1 heterocycles.